The smallest absolute Gasteiger partial charge is 0.307 e. The summed E-state index contributed by atoms with van der Waals surface area (Å²) in [5.74, 6) is -2.54. The highest BCUT2D eigenvalue weighted by molar-refractivity contribution is 6.05. The lowest BCUT2D eigenvalue weighted by molar-refractivity contribution is -0.384. The Balaban J connectivity index is 1.80. The largest absolute Gasteiger partial charge is 0.481 e. The summed E-state index contributed by atoms with van der Waals surface area (Å²) in [6, 6.07) is 7.92. The van der Waals surface area contributed by atoms with E-state index < -0.39 is 29.0 Å². The number of halogens is 1. The van der Waals surface area contributed by atoms with E-state index in [0.717, 1.165) is 32.0 Å². The van der Waals surface area contributed by atoms with Crippen LogP contribution >= 0.6 is 0 Å². The first-order chi connectivity index (χ1) is 13.3. The van der Waals surface area contributed by atoms with E-state index in [9.17, 15) is 24.1 Å². The topological polar surface area (TPSA) is 113 Å². The maximum atomic E-state index is 13.9. The van der Waals surface area contributed by atoms with Crippen LogP contribution in [0.4, 0.5) is 21.5 Å². The van der Waals surface area contributed by atoms with Crippen molar-refractivity contribution in [1.82, 2.24) is 0 Å². The Morgan fingerprint density at radius 3 is 2.50 bits per heavy atom. The van der Waals surface area contributed by atoms with Gasteiger partial charge in [0.1, 0.15) is 11.5 Å². The Morgan fingerprint density at radius 1 is 1.18 bits per heavy atom. The highest BCUT2D eigenvalue weighted by Gasteiger charge is 2.24. The molecule has 146 valence electrons. The van der Waals surface area contributed by atoms with Crippen molar-refractivity contribution in [2.45, 2.75) is 19.3 Å². The zero-order chi connectivity index (χ0) is 20.3. The number of amides is 1. The Kier molecular flexibility index (Phi) is 5.53. The molecule has 1 fully saturated rings. The molecule has 0 aliphatic carbocycles. The molecule has 0 unspecified atom stereocenters. The quantitative estimate of drug-likeness (QED) is 0.581. The van der Waals surface area contributed by atoms with Gasteiger partial charge in [0.05, 0.1) is 11.3 Å². The van der Waals surface area contributed by atoms with Gasteiger partial charge in [-0.25, -0.2) is 4.39 Å². The first-order valence-electron chi connectivity index (χ1n) is 8.70. The van der Waals surface area contributed by atoms with Gasteiger partial charge >= 0.3 is 5.97 Å². The van der Waals surface area contributed by atoms with Crippen molar-refractivity contribution in [3.05, 3.63) is 63.5 Å². The molecule has 1 aliphatic rings. The predicted molar refractivity (Wildman–Crippen MR) is 100 cm³/mol. The van der Waals surface area contributed by atoms with E-state index in [4.69, 9.17) is 5.11 Å². The average molecular weight is 387 g/mol. The molecule has 0 bridgehead atoms. The molecule has 1 aliphatic heterocycles. The molecule has 0 atom stereocenters. The van der Waals surface area contributed by atoms with Crippen molar-refractivity contribution >= 4 is 28.9 Å². The van der Waals surface area contributed by atoms with E-state index in [0.29, 0.717) is 5.69 Å². The standard InChI is InChI=1S/C19H18FN3O5/c20-15-11-14(5-3-12(15)10-18(24)25)21-19(26)13-4-6-16(17(9-13)23(27)28)22-7-1-2-8-22/h3-6,9,11H,1-2,7-8,10H2,(H,21,26)(H,24,25). The molecule has 1 heterocycles. The molecule has 1 saturated heterocycles. The normalized spacial score (nSPS) is 13.4. The zero-order valence-corrected chi connectivity index (χ0v) is 14.9. The molecule has 2 N–H and O–H groups in total. The van der Waals surface area contributed by atoms with Crippen LogP contribution in [-0.2, 0) is 11.2 Å². The third-order valence-corrected chi connectivity index (χ3v) is 4.53. The van der Waals surface area contributed by atoms with Crippen molar-refractivity contribution < 1.29 is 24.0 Å². The third-order valence-electron chi connectivity index (χ3n) is 4.53. The number of hydrogen-bond donors (Lipinski definition) is 2. The van der Waals surface area contributed by atoms with E-state index in [1.807, 2.05) is 4.90 Å². The number of nitro benzene ring substituents is 1. The number of nitrogens with zero attached hydrogens (tertiary/aromatic N) is 2. The van der Waals surface area contributed by atoms with Gasteiger partial charge in [-0.3, -0.25) is 19.7 Å². The number of carboxylic acids is 1. The molecule has 0 aromatic heterocycles. The summed E-state index contributed by atoms with van der Waals surface area (Å²) in [6.45, 7) is 1.46. The molecular weight excluding hydrogens is 369 g/mol. The lowest BCUT2D eigenvalue weighted by Crippen LogP contribution is -2.20. The minimum atomic E-state index is -1.17. The van der Waals surface area contributed by atoms with Crippen LogP contribution in [0, 0.1) is 15.9 Å². The summed E-state index contributed by atoms with van der Waals surface area (Å²) in [4.78, 5) is 35.9. The maximum Gasteiger partial charge on any atom is 0.307 e. The van der Waals surface area contributed by atoms with Crippen LogP contribution < -0.4 is 10.2 Å². The summed E-state index contributed by atoms with van der Waals surface area (Å²) < 4.78 is 13.9. The summed E-state index contributed by atoms with van der Waals surface area (Å²) in [5.41, 5.74) is 0.518. The Morgan fingerprint density at radius 2 is 1.89 bits per heavy atom. The molecule has 0 saturated carbocycles. The van der Waals surface area contributed by atoms with E-state index >= 15 is 0 Å². The molecule has 1 amide bonds. The van der Waals surface area contributed by atoms with Crippen LogP contribution in [0.1, 0.15) is 28.8 Å². The molecule has 3 rings (SSSR count). The Labute approximate surface area is 159 Å². The molecule has 0 radical (unpaired) electrons. The zero-order valence-electron chi connectivity index (χ0n) is 14.9. The number of carbonyl (C=O) groups is 2. The second-order valence-corrected chi connectivity index (χ2v) is 6.49. The molecule has 2 aromatic rings. The SMILES string of the molecule is O=C(O)Cc1ccc(NC(=O)c2ccc(N3CCCC3)c([N+](=O)[O-])c2)cc1F. The number of aliphatic carboxylic acids is 1. The van der Waals surface area contributed by atoms with Crippen molar-refractivity contribution in [3.63, 3.8) is 0 Å². The van der Waals surface area contributed by atoms with Crippen LogP contribution in [0.2, 0.25) is 0 Å². The van der Waals surface area contributed by atoms with Crippen LogP contribution in [-0.4, -0.2) is 35.0 Å². The highest BCUT2D eigenvalue weighted by Crippen LogP contribution is 2.32. The number of benzene rings is 2. The van der Waals surface area contributed by atoms with Gasteiger partial charge in [-0.15, -0.1) is 0 Å². The fraction of sp³-hybridized carbons (Fsp3) is 0.263. The number of carboxylic acid groups (broad SMARTS) is 1. The first-order valence-corrected chi connectivity index (χ1v) is 8.70. The highest BCUT2D eigenvalue weighted by atomic mass is 19.1. The van der Waals surface area contributed by atoms with E-state index in [2.05, 4.69) is 5.32 Å². The number of carbonyl (C=O) groups excluding carboxylic acids is 1. The van der Waals surface area contributed by atoms with Crippen molar-refractivity contribution in [1.29, 1.82) is 0 Å². The fourth-order valence-corrected chi connectivity index (χ4v) is 3.17. The Bertz CT molecular complexity index is 941. The molecule has 8 nitrogen and oxygen atoms in total. The van der Waals surface area contributed by atoms with Crippen LogP contribution in [0.15, 0.2) is 36.4 Å². The minimum absolute atomic E-state index is 0.00361. The number of anilines is 2. The number of nitrogens with one attached hydrogen (secondary N) is 1. The Hall–Kier alpha value is -3.49. The van der Waals surface area contributed by atoms with E-state index in [-0.39, 0.29) is 22.5 Å². The van der Waals surface area contributed by atoms with Gasteiger partial charge in [0.25, 0.3) is 11.6 Å². The van der Waals surface area contributed by atoms with Gasteiger partial charge in [-0.05, 0) is 42.7 Å². The van der Waals surface area contributed by atoms with Crippen LogP contribution in [0.3, 0.4) is 0 Å². The van der Waals surface area contributed by atoms with Gasteiger partial charge in [0.15, 0.2) is 0 Å². The molecule has 9 heteroatoms. The van der Waals surface area contributed by atoms with Crippen LogP contribution in [0.5, 0.6) is 0 Å². The number of hydrogen-bond acceptors (Lipinski definition) is 5. The monoisotopic (exact) mass is 387 g/mol. The lowest BCUT2D eigenvalue weighted by Gasteiger charge is -2.17. The van der Waals surface area contributed by atoms with Crippen LogP contribution in [0.25, 0.3) is 0 Å². The van der Waals surface area contributed by atoms with Crippen molar-refractivity contribution in [3.8, 4) is 0 Å². The number of rotatable bonds is 6. The van der Waals surface area contributed by atoms with Gasteiger partial charge in [-0.1, -0.05) is 6.07 Å². The lowest BCUT2D eigenvalue weighted by atomic mass is 10.1. The van der Waals surface area contributed by atoms with E-state index in [1.165, 1.54) is 24.3 Å². The van der Waals surface area contributed by atoms with Crippen molar-refractivity contribution in [2.24, 2.45) is 0 Å². The predicted octanol–water partition coefficient (Wildman–Crippen LogP) is 3.21. The van der Waals surface area contributed by atoms with Gasteiger partial charge in [0.2, 0.25) is 0 Å². The first kappa shape index (κ1) is 19.3. The maximum absolute atomic E-state index is 13.9. The number of nitro groups is 1. The third kappa shape index (κ3) is 4.25. The molecule has 28 heavy (non-hydrogen) atoms. The van der Waals surface area contributed by atoms with Gasteiger partial charge < -0.3 is 15.3 Å². The summed E-state index contributed by atoms with van der Waals surface area (Å²) in [5, 5.41) is 22.6. The molecular formula is C19H18FN3O5. The second kappa shape index (κ2) is 8.03. The van der Waals surface area contributed by atoms with Crippen molar-refractivity contribution in [2.75, 3.05) is 23.3 Å². The summed E-state index contributed by atoms with van der Waals surface area (Å²) >= 11 is 0. The fourth-order valence-electron chi connectivity index (χ4n) is 3.17. The summed E-state index contributed by atoms with van der Waals surface area (Å²) in [7, 11) is 0. The molecule has 2 aromatic carbocycles. The summed E-state index contributed by atoms with van der Waals surface area (Å²) in [6.07, 6.45) is 1.45. The van der Waals surface area contributed by atoms with Gasteiger partial charge in [-0.2, -0.15) is 0 Å². The molecule has 0 spiro atoms. The van der Waals surface area contributed by atoms with Gasteiger partial charge in [0, 0.05) is 30.4 Å². The minimum Gasteiger partial charge on any atom is -0.481 e. The van der Waals surface area contributed by atoms with E-state index in [1.54, 1.807) is 6.07 Å². The second-order valence-electron chi connectivity index (χ2n) is 6.49. The average Bonchev–Trinajstić information content (AvgIpc) is 3.17.